The average molecular weight is 233 g/mol. The second-order valence-electron chi connectivity index (χ2n) is 4.20. The Morgan fingerprint density at radius 1 is 1.47 bits per heavy atom. The fraction of sp³-hybridized carbons (Fsp3) is 0.643. The molecule has 0 bridgehead atoms. The quantitative estimate of drug-likeness (QED) is 0.765. The van der Waals surface area contributed by atoms with Gasteiger partial charge >= 0.3 is 0 Å². The third kappa shape index (κ3) is 3.90. The molecule has 1 unspecified atom stereocenters. The molecule has 1 aromatic heterocycles. The summed E-state index contributed by atoms with van der Waals surface area (Å²) >= 11 is 0. The van der Waals surface area contributed by atoms with Crippen LogP contribution in [-0.4, -0.2) is 16.3 Å². The minimum absolute atomic E-state index is 0.311. The highest BCUT2D eigenvalue weighted by Crippen LogP contribution is 2.20. The van der Waals surface area contributed by atoms with Crippen molar-refractivity contribution >= 4 is 0 Å². The smallest absolute Gasteiger partial charge is 0.0669 e. The summed E-state index contributed by atoms with van der Waals surface area (Å²) < 4.78 is 1.90. The number of nitrogens with one attached hydrogen (secondary N) is 1. The minimum Gasteiger partial charge on any atom is -0.309 e. The third-order valence-electron chi connectivity index (χ3n) is 2.77. The van der Waals surface area contributed by atoms with E-state index in [-0.39, 0.29) is 0 Å². The van der Waals surface area contributed by atoms with Gasteiger partial charge in [-0.05, 0) is 26.3 Å². The van der Waals surface area contributed by atoms with Crippen LogP contribution in [-0.2, 0) is 13.5 Å². The molecule has 0 aromatic carbocycles. The monoisotopic (exact) mass is 233 g/mol. The van der Waals surface area contributed by atoms with Crippen LogP contribution in [0.25, 0.3) is 0 Å². The summed E-state index contributed by atoms with van der Waals surface area (Å²) in [5, 5.41) is 8.05. The normalized spacial score (nSPS) is 12.0. The molecular weight excluding hydrogens is 210 g/mol. The van der Waals surface area contributed by atoms with E-state index in [4.69, 9.17) is 0 Å². The molecule has 0 saturated carbocycles. The molecule has 3 heteroatoms. The van der Waals surface area contributed by atoms with Crippen LogP contribution in [0.15, 0.2) is 6.20 Å². The molecular formula is C14H23N3. The summed E-state index contributed by atoms with van der Waals surface area (Å²) in [6.45, 7) is 7.24. The molecule has 1 aromatic rings. The minimum atomic E-state index is 0.311. The summed E-state index contributed by atoms with van der Waals surface area (Å²) in [6.07, 6.45) is 5.08. The molecule has 0 aliphatic heterocycles. The number of hydrogen-bond acceptors (Lipinski definition) is 2. The van der Waals surface area contributed by atoms with E-state index in [1.807, 2.05) is 18.7 Å². The number of aryl methyl sites for hydroxylation is 2. The lowest BCUT2D eigenvalue weighted by atomic mass is 10.0. The molecule has 0 aliphatic carbocycles. The van der Waals surface area contributed by atoms with Gasteiger partial charge in [0, 0.05) is 31.3 Å². The van der Waals surface area contributed by atoms with Crippen LogP contribution in [0.2, 0.25) is 0 Å². The Labute approximate surface area is 105 Å². The number of hydrogen-bond donors (Lipinski definition) is 1. The topological polar surface area (TPSA) is 29.9 Å². The first-order chi connectivity index (χ1) is 8.22. The van der Waals surface area contributed by atoms with Crippen molar-refractivity contribution in [3.05, 3.63) is 17.5 Å². The molecule has 1 rings (SSSR count). The van der Waals surface area contributed by atoms with Crippen molar-refractivity contribution in [3.63, 3.8) is 0 Å². The van der Waals surface area contributed by atoms with E-state index in [9.17, 15) is 0 Å². The average Bonchev–Trinajstić information content (AvgIpc) is 2.70. The van der Waals surface area contributed by atoms with Crippen LogP contribution >= 0.6 is 0 Å². The summed E-state index contributed by atoms with van der Waals surface area (Å²) in [5.41, 5.74) is 2.48. The van der Waals surface area contributed by atoms with E-state index in [2.05, 4.69) is 42.3 Å². The lowest BCUT2D eigenvalue weighted by Gasteiger charge is -2.15. The molecule has 0 radical (unpaired) electrons. The first-order valence-electron chi connectivity index (χ1n) is 6.38. The van der Waals surface area contributed by atoms with Crippen molar-refractivity contribution < 1.29 is 0 Å². The highest BCUT2D eigenvalue weighted by molar-refractivity contribution is 5.23. The maximum atomic E-state index is 4.49. The molecule has 94 valence electrons. The van der Waals surface area contributed by atoms with Gasteiger partial charge in [-0.15, -0.1) is 11.8 Å². The van der Waals surface area contributed by atoms with E-state index < -0.39 is 0 Å². The van der Waals surface area contributed by atoms with Gasteiger partial charge in [0.25, 0.3) is 0 Å². The zero-order valence-electron chi connectivity index (χ0n) is 11.4. The number of aromatic nitrogens is 2. The molecule has 0 aliphatic rings. The van der Waals surface area contributed by atoms with Crippen molar-refractivity contribution in [1.82, 2.24) is 15.1 Å². The zero-order valence-corrected chi connectivity index (χ0v) is 11.4. The van der Waals surface area contributed by atoms with Gasteiger partial charge < -0.3 is 5.32 Å². The molecule has 0 saturated heterocycles. The van der Waals surface area contributed by atoms with Crippen LogP contribution in [0.1, 0.15) is 50.9 Å². The predicted molar refractivity (Wildman–Crippen MR) is 71.7 cm³/mol. The van der Waals surface area contributed by atoms with Crippen molar-refractivity contribution in [2.24, 2.45) is 7.05 Å². The lowest BCUT2D eigenvalue weighted by Crippen LogP contribution is -2.22. The predicted octanol–water partition coefficient (Wildman–Crippen LogP) is 2.44. The SMILES string of the molecule is CC#CCC(NCCC)c1cn(C)nc1CC. The fourth-order valence-electron chi connectivity index (χ4n) is 1.93. The maximum Gasteiger partial charge on any atom is 0.0669 e. The van der Waals surface area contributed by atoms with Gasteiger partial charge in [-0.2, -0.15) is 5.10 Å². The summed E-state index contributed by atoms with van der Waals surface area (Å²) in [5.74, 6) is 6.14. The zero-order chi connectivity index (χ0) is 12.7. The van der Waals surface area contributed by atoms with Gasteiger partial charge in [-0.3, -0.25) is 4.68 Å². The van der Waals surface area contributed by atoms with Gasteiger partial charge in [0.2, 0.25) is 0 Å². The highest BCUT2D eigenvalue weighted by Gasteiger charge is 2.16. The molecule has 0 fully saturated rings. The second-order valence-corrected chi connectivity index (χ2v) is 4.20. The van der Waals surface area contributed by atoms with E-state index in [1.54, 1.807) is 0 Å². The van der Waals surface area contributed by atoms with Gasteiger partial charge in [0.15, 0.2) is 0 Å². The summed E-state index contributed by atoms with van der Waals surface area (Å²) in [6, 6.07) is 0.311. The van der Waals surface area contributed by atoms with Gasteiger partial charge in [-0.25, -0.2) is 0 Å². The van der Waals surface area contributed by atoms with Gasteiger partial charge in [-0.1, -0.05) is 13.8 Å². The Bertz CT molecular complexity index is 395. The fourth-order valence-corrected chi connectivity index (χ4v) is 1.93. The highest BCUT2D eigenvalue weighted by atomic mass is 15.3. The maximum absolute atomic E-state index is 4.49. The van der Waals surface area contributed by atoms with Crippen LogP contribution < -0.4 is 5.32 Å². The van der Waals surface area contributed by atoms with Crippen LogP contribution in [0.5, 0.6) is 0 Å². The van der Waals surface area contributed by atoms with Crippen LogP contribution in [0.3, 0.4) is 0 Å². The van der Waals surface area contributed by atoms with Crippen molar-refractivity contribution in [3.8, 4) is 11.8 Å². The Morgan fingerprint density at radius 3 is 2.82 bits per heavy atom. The van der Waals surface area contributed by atoms with E-state index in [0.717, 1.165) is 25.8 Å². The van der Waals surface area contributed by atoms with Crippen molar-refractivity contribution in [1.29, 1.82) is 0 Å². The Kier molecular flexibility index (Phi) is 5.79. The number of rotatable bonds is 6. The molecule has 1 N–H and O–H groups in total. The molecule has 1 atom stereocenters. The lowest BCUT2D eigenvalue weighted by molar-refractivity contribution is 0.538. The number of nitrogens with zero attached hydrogens (tertiary/aromatic N) is 2. The largest absolute Gasteiger partial charge is 0.309 e. The summed E-state index contributed by atoms with van der Waals surface area (Å²) in [7, 11) is 1.98. The standard InChI is InChI=1S/C14H23N3/c1-5-8-9-14(15-10-6-2)12-11-17(4)16-13(12)7-3/h11,14-15H,6-7,9-10H2,1-4H3. The third-order valence-corrected chi connectivity index (χ3v) is 2.77. The molecule has 0 amide bonds. The molecule has 1 heterocycles. The second kappa shape index (κ2) is 7.13. The van der Waals surface area contributed by atoms with Gasteiger partial charge in [0.05, 0.1) is 5.69 Å². The first-order valence-corrected chi connectivity index (χ1v) is 6.38. The van der Waals surface area contributed by atoms with E-state index in [1.165, 1.54) is 11.3 Å². The van der Waals surface area contributed by atoms with E-state index >= 15 is 0 Å². The van der Waals surface area contributed by atoms with E-state index in [0.29, 0.717) is 6.04 Å². The Morgan fingerprint density at radius 2 is 2.24 bits per heavy atom. The molecule has 17 heavy (non-hydrogen) atoms. The van der Waals surface area contributed by atoms with Crippen molar-refractivity contribution in [2.45, 2.75) is 46.1 Å². The molecule has 3 nitrogen and oxygen atoms in total. The summed E-state index contributed by atoms with van der Waals surface area (Å²) in [4.78, 5) is 0. The van der Waals surface area contributed by atoms with Crippen LogP contribution in [0.4, 0.5) is 0 Å². The first kappa shape index (κ1) is 13.8. The Balaban J connectivity index is 2.88. The van der Waals surface area contributed by atoms with Crippen LogP contribution in [0, 0.1) is 11.8 Å². The van der Waals surface area contributed by atoms with Gasteiger partial charge in [0.1, 0.15) is 0 Å². The Hall–Kier alpha value is -1.27. The van der Waals surface area contributed by atoms with Crippen molar-refractivity contribution in [2.75, 3.05) is 6.54 Å². The molecule has 0 spiro atoms.